The molecule has 0 radical (unpaired) electrons. The lowest BCUT2D eigenvalue weighted by Gasteiger charge is -2.18. The van der Waals surface area contributed by atoms with Crippen LogP contribution < -0.4 is 0 Å². The van der Waals surface area contributed by atoms with E-state index in [1.54, 1.807) is 0 Å². The molecule has 0 aliphatic heterocycles. The van der Waals surface area contributed by atoms with Gasteiger partial charge in [0.15, 0.2) is 0 Å². The Kier molecular flexibility index (Phi) is 3.31. The summed E-state index contributed by atoms with van der Waals surface area (Å²) >= 11 is 16.9. The monoisotopic (exact) mass is 294 g/mol. The van der Waals surface area contributed by atoms with Crippen LogP contribution in [0.1, 0.15) is 17.0 Å². The average molecular weight is 295 g/mol. The Balaban J connectivity index is 2.24. The van der Waals surface area contributed by atoms with Crippen molar-refractivity contribution in [3.63, 3.8) is 0 Å². The number of hydrogen-bond donors (Lipinski definition) is 1. The predicted molar refractivity (Wildman–Crippen MR) is 82.2 cm³/mol. The molecule has 0 saturated heterocycles. The first kappa shape index (κ1) is 12.4. The number of thiol groups is 1. The third-order valence-electron chi connectivity index (χ3n) is 3.47. The Morgan fingerprint density at radius 3 is 2.56 bits per heavy atom. The highest BCUT2D eigenvalue weighted by Gasteiger charge is 2.32. The molecule has 2 atom stereocenters. The number of rotatable bonds is 2. The third-order valence-corrected chi connectivity index (χ3v) is 4.72. The molecular formula is C15H12Cl2S. The van der Waals surface area contributed by atoms with Gasteiger partial charge in [-0.1, -0.05) is 41.9 Å². The normalized spacial score (nSPS) is 18.3. The Bertz CT molecular complexity index is 595. The summed E-state index contributed by atoms with van der Waals surface area (Å²) in [7, 11) is 0. The van der Waals surface area contributed by atoms with Crippen LogP contribution in [-0.2, 0) is 0 Å². The van der Waals surface area contributed by atoms with Gasteiger partial charge in [-0.15, -0.1) is 11.6 Å². The minimum absolute atomic E-state index is 0.0193. The van der Waals surface area contributed by atoms with E-state index in [-0.39, 0.29) is 11.3 Å². The lowest BCUT2D eigenvalue weighted by Crippen LogP contribution is -2.13. The van der Waals surface area contributed by atoms with Gasteiger partial charge in [0.1, 0.15) is 0 Å². The summed E-state index contributed by atoms with van der Waals surface area (Å²) in [6, 6.07) is 14.4. The highest BCUT2D eigenvalue weighted by atomic mass is 35.5. The second-order valence-electron chi connectivity index (χ2n) is 4.50. The molecule has 92 valence electrons. The fraction of sp³-hybridized carbons (Fsp3) is 0.200. The standard InChI is InChI=1S/C15H12Cl2S/c16-9-5-6-11-10-3-1-2-4-12(10)15(13(11)7-9)14(17)8-18/h1-7,14-15,18H,8H2. The van der Waals surface area contributed by atoms with E-state index in [0.29, 0.717) is 5.75 Å². The van der Waals surface area contributed by atoms with Crippen molar-refractivity contribution in [1.29, 1.82) is 0 Å². The minimum Gasteiger partial charge on any atom is -0.178 e. The first-order chi connectivity index (χ1) is 8.72. The first-order valence-electron chi connectivity index (χ1n) is 5.86. The number of hydrogen-bond acceptors (Lipinski definition) is 1. The van der Waals surface area contributed by atoms with Gasteiger partial charge in [0.25, 0.3) is 0 Å². The molecule has 0 amide bonds. The van der Waals surface area contributed by atoms with Crippen LogP contribution in [0.15, 0.2) is 42.5 Å². The summed E-state index contributed by atoms with van der Waals surface area (Å²) in [6.07, 6.45) is 0. The molecule has 1 aliphatic rings. The molecule has 0 nitrogen and oxygen atoms in total. The van der Waals surface area contributed by atoms with E-state index in [1.807, 2.05) is 12.1 Å². The van der Waals surface area contributed by atoms with E-state index >= 15 is 0 Å². The van der Waals surface area contributed by atoms with Crippen molar-refractivity contribution < 1.29 is 0 Å². The van der Waals surface area contributed by atoms with Crippen molar-refractivity contribution in [3.05, 3.63) is 58.6 Å². The smallest absolute Gasteiger partial charge is 0.0533 e. The van der Waals surface area contributed by atoms with Crippen LogP contribution in [0.4, 0.5) is 0 Å². The fourth-order valence-corrected chi connectivity index (χ4v) is 3.38. The minimum atomic E-state index is -0.0193. The molecule has 0 aromatic heterocycles. The largest absolute Gasteiger partial charge is 0.178 e. The summed E-state index contributed by atoms with van der Waals surface area (Å²) in [5.74, 6) is 0.834. The van der Waals surface area contributed by atoms with E-state index < -0.39 is 0 Å². The van der Waals surface area contributed by atoms with Crippen LogP contribution in [0.2, 0.25) is 5.02 Å². The Morgan fingerprint density at radius 1 is 1.06 bits per heavy atom. The zero-order chi connectivity index (χ0) is 12.7. The quantitative estimate of drug-likeness (QED) is 0.585. The highest BCUT2D eigenvalue weighted by Crippen LogP contribution is 2.48. The summed E-state index contributed by atoms with van der Waals surface area (Å²) in [5.41, 5.74) is 5.01. The summed E-state index contributed by atoms with van der Waals surface area (Å²) in [6.45, 7) is 0. The van der Waals surface area contributed by atoms with Gasteiger partial charge in [0.2, 0.25) is 0 Å². The zero-order valence-corrected chi connectivity index (χ0v) is 12.0. The SMILES string of the molecule is SCC(Cl)C1c2ccccc2-c2ccc(Cl)cc21. The van der Waals surface area contributed by atoms with E-state index in [1.165, 1.54) is 22.3 Å². The third kappa shape index (κ3) is 1.85. The first-order valence-corrected chi connectivity index (χ1v) is 7.30. The molecular weight excluding hydrogens is 283 g/mol. The Morgan fingerprint density at radius 2 is 1.78 bits per heavy atom. The van der Waals surface area contributed by atoms with Gasteiger partial charge < -0.3 is 0 Å². The number of benzene rings is 2. The van der Waals surface area contributed by atoms with Crippen LogP contribution in [-0.4, -0.2) is 11.1 Å². The number of alkyl halides is 1. The van der Waals surface area contributed by atoms with Crippen molar-refractivity contribution in [1.82, 2.24) is 0 Å². The van der Waals surface area contributed by atoms with Crippen molar-refractivity contribution in [2.75, 3.05) is 5.75 Å². The van der Waals surface area contributed by atoms with E-state index in [2.05, 4.69) is 43.0 Å². The second-order valence-corrected chi connectivity index (χ2v) is 5.86. The topological polar surface area (TPSA) is 0 Å². The highest BCUT2D eigenvalue weighted by molar-refractivity contribution is 7.80. The molecule has 0 fully saturated rings. The Labute approximate surface area is 122 Å². The summed E-state index contributed by atoms with van der Waals surface area (Å²) in [4.78, 5) is 0. The van der Waals surface area contributed by atoms with E-state index in [4.69, 9.17) is 23.2 Å². The number of halogens is 2. The van der Waals surface area contributed by atoms with Crippen LogP contribution >= 0.6 is 35.8 Å². The van der Waals surface area contributed by atoms with Crippen LogP contribution in [0.25, 0.3) is 11.1 Å². The summed E-state index contributed by atoms with van der Waals surface area (Å²) < 4.78 is 0. The van der Waals surface area contributed by atoms with Gasteiger partial charge in [-0.05, 0) is 34.4 Å². The molecule has 0 spiro atoms. The summed E-state index contributed by atoms with van der Waals surface area (Å²) in [5, 5.41) is 0.740. The van der Waals surface area contributed by atoms with E-state index in [0.717, 1.165) is 5.02 Å². The molecule has 2 aromatic carbocycles. The average Bonchev–Trinajstić information content (AvgIpc) is 2.71. The maximum Gasteiger partial charge on any atom is 0.0533 e. The molecule has 1 aliphatic carbocycles. The van der Waals surface area contributed by atoms with Crippen LogP contribution in [0, 0.1) is 0 Å². The predicted octanol–water partition coefficient (Wildman–Crippen LogP) is 4.99. The molecule has 18 heavy (non-hydrogen) atoms. The lowest BCUT2D eigenvalue weighted by molar-refractivity contribution is 0.817. The van der Waals surface area contributed by atoms with Gasteiger partial charge in [-0.25, -0.2) is 0 Å². The van der Waals surface area contributed by atoms with Crippen molar-refractivity contribution in [2.45, 2.75) is 11.3 Å². The van der Waals surface area contributed by atoms with Crippen molar-refractivity contribution in [2.24, 2.45) is 0 Å². The van der Waals surface area contributed by atoms with Gasteiger partial charge >= 0.3 is 0 Å². The fourth-order valence-electron chi connectivity index (χ4n) is 2.71. The van der Waals surface area contributed by atoms with Crippen LogP contribution in [0.5, 0.6) is 0 Å². The van der Waals surface area contributed by atoms with Gasteiger partial charge in [-0.3, -0.25) is 0 Å². The van der Waals surface area contributed by atoms with E-state index in [9.17, 15) is 0 Å². The van der Waals surface area contributed by atoms with Crippen molar-refractivity contribution >= 4 is 35.8 Å². The lowest BCUT2D eigenvalue weighted by atomic mass is 9.94. The zero-order valence-electron chi connectivity index (χ0n) is 9.61. The van der Waals surface area contributed by atoms with Gasteiger partial charge in [-0.2, -0.15) is 12.6 Å². The van der Waals surface area contributed by atoms with Gasteiger partial charge in [0.05, 0.1) is 5.38 Å². The number of fused-ring (bicyclic) bond motifs is 3. The molecule has 3 heteroatoms. The molecule has 0 N–H and O–H groups in total. The van der Waals surface area contributed by atoms with Gasteiger partial charge in [0, 0.05) is 16.7 Å². The molecule has 0 heterocycles. The maximum absolute atomic E-state index is 6.46. The molecule has 2 unspecified atom stereocenters. The van der Waals surface area contributed by atoms with Crippen LogP contribution in [0.3, 0.4) is 0 Å². The molecule has 0 saturated carbocycles. The molecule has 2 aromatic rings. The Hall–Kier alpha value is -0.630. The van der Waals surface area contributed by atoms with Crippen molar-refractivity contribution in [3.8, 4) is 11.1 Å². The second kappa shape index (κ2) is 4.80. The molecule has 0 bridgehead atoms. The molecule has 3 rings (SSSR count). The maximum atomic E-state index is 6.46.